The van der Waals surface area contributed by atoms with E-state index in [-0.39, 0.29) is 17.4 Å². The smallest absolute Gasteiger partial charge is 0.295 e. The van der Waals surface area contributed by atoms with Gasteiger partial charge in [0, 0.05) is 37.5 Å². The van der Waals surface area contributed by atoms with Gasteiger partial charge in [-0.1, -0.05) is 24.3 Å². The van der Waals surface area contributed by atoms with Crippen LogP contribution in [-0.2, 0) is 14.3 Å². The normalized spacial score (nSPS) is 21.9. The van der Waals surface area contributed by atoms with E-state index in [9.17, 15) is 14.7 Å². The molecule has 6 nitrogen and oxygen atoms in total. The number of rotatable bonds is 7. The van der Waals surface area contributed by atoms with Crippen LogP contribution < -0.4 is 4.90 Å². The van der Waals surface area contributed by atoms with Crippen molar-refractivity contribution in [2.24, 2.45) is 0 Å². The molecule has 2 fully saturated rings. The van der Waals surface area contributed by atoms with Gasteiger partial charge in [-0.25, -0.2) is 0 Å². The number of carbonyl (C=O) groups is 2. The topological polar surface area (TPSA) is 70.1 Å². The van der Waals surface area contributed by atoms with Gasteiger partial charge in [-0.2, -0.15) is 0 Å². The van der Waals surface area contributed by atoms with Gasteiger partial charge in [-0.3, -0.25) is 9.59 Å². The second-order valence-electron chi connectivity index (χ2n) is 9.15. The maximum absolute atomic E-state index is 13.2. The van der Waals surface area contributed by atoms with Crippen molar-refractivity contribution in [1.82, 2.24) is 4.90 Å². The van der Waals surface area contributed by atoms with E-state index < -0.39 is 17.7 Å². The Morgan fingerprint density at radius 2 is 1.76 bits per heavy atom. The Morgan fingerprint density at radius 1 is 1.06 bits per heavy atom. The van der Waals surface area contributed by atoms with Crippen LogP contribution >= 0.6 is 0 Å². The lowest BCUT2D eigenvalue weighted by molar-refractivity contribution is -0.140. The lowest BCUT2D eigenvalue weighted by Gasteiger charge is -2.28. The lowest BCUT2D eigenvalue weighted by atomic mass is 9.94. The first-order valence-electron chi connectivity index (χ1n) is 12.2. The number of Topliss-reactive ketones (excluding diaryl/α,β-unsaturated/α-hetero) is 1. The number of nitrogens with zero attached hydrogens (tertiary/aromatic N) is 2. The van der Waals surface area contributed by atoms with Crippen molar-refractivity contribution < 1.29 is 19.4 Å². The van der Waals surface area contributed by atoms with Gasteiger partial charge in [0.25, 0.3) is 11.7 Å². The minimum absolute atomic E-state index is 0.0997. The molecule has 0 aromatic heterocycles. The van der Waals surface area contributed by atoms with Crippen molar-refractivity contribution in [3.63, 3.8) is 0 Å². The molecule has 34 heavy (non-hydrogen) atoms. The van der Waals surface area contributed by atoms with Gasteiger partial charge in [0.2, 0.25) is 0 Å². The number of anilines is 1. The average Bonchev–Trinajstić information content (AvgIpc) is 3.44. The standard InChI is InChI=1S/C28H34N2O4/c1-5-29(6-2)22-13-11-20(12-14-22)25-24(26(31)21-10-9-18(3)19(4)16-21)27(32)28(33)30(25)17-23-8-7-15-34-23/h9-14,16,23,25,31H,5-8,15,17H2,1-4H3/b26-24-. The third-order valence-corrected chi connectivity index (χ3v) is 7.08. The van der Waals surface area contributed by atoms with E-state index in [1.807, 2.05) is 50.2 Å². The van der Waals surface area contributed by atoms with E-state index in [2.05, 4.69) is 18.7 Å². The van der Waals surface area contributed by atoms with E-state index >= 15 is 0 Å². The van der Waals surface area contributed by atoms with Crippen molar-refractivity contribution in [2.75, 3.05) is 31.1 Å². The molecule has 1 N–H and O–H groups in total. The highest BCUT2D eigenvalue weighted by molar-refractivity contribution is 6.46. The molecule has 0 bridgehead atoms. The first-order chi connectivity index (χ1) is 16.3. The number of benzene rings is 2. The maximum atomic E-state index is 13.2. The van der Waals surface area contributed by atoms with Crippen molar-refractivity contribution in [3.05, 3.63) is 70.3 Å². The monoisotopic (exact) mass is 462 g/mol. The summed E-state index contributed by atoms with van der Waals surface area (Å²) in [6.45, 7) is 11.0. The molecule has 2 aromatic carbocycles. The van der Waals surface area contributed by atoms with E-state index in [1.54, 1.807) is 11.0 Å². The molecular formula is C28H34N2O4. The highest BCUT2D eigenvalue weighted by atomic mass is 16.5. The molecule has 6 heteroatoms. The predicted molar refractivity (Wildman–Crippen MR) is 134 cm³/mol. The summed E-state index contributed by atoms with van der Waals surface area (Å²) < 4.78 is 5.78. The number of ketones is 1. The number of likely N-dealkylation sites (tertiary alicyclic amines) is 1. The first kappa shape index (κ1) is 24.0. The van der Waals surface area contributed by atoms with E-state index in [0.29, 0.717) is 18.7 Å². The van der Waals surface area contributed by atoms with Crippen LogP contribution in [0.25, 0.3) is 5.76 Å². The first-order valence-corrected chi connectivity index (χ1v) is 12.2. The van der Waals surface area contributed by atoms with Gasteiger partial charge in [-0.15, -0.1) is 0 Å². The fraction of sp³-hybridized carbons (Fsp3) is 0.429. The zero-order chi connectivity index (χ0) is 24.4. The maximum Gasteiger partial charge on any atom is 0.295 e. The Kier molecular flexibility index (Phi) is 7.08. The molecule has 4 rings (SSSR count). The quantitative estimate of drug-likeness (QED) is 0.365. The molecular weight excluding hydrogens is 428 g/mol. The Morgan fingerprint density at radius 3 is 2.35 bits per heavy atom. The van der Waals surface area contributed by atoms with Crippen molar-refractivity contribution in [3.8, 4) is 0 Å². The Bertz CT molecular complexity index is 1100. The summed E-state index contributed by atoms with van der Waals surface area (Å²) in [7, 11) is 0. The Balaban J connectivity index is 1.80. The molecule has 0 spiro atoms. The van der Waals surface area contributed by atoms with E-state index in [4.69, 9.17) is 4.74 Å². The third kappa shape index (κ3) is 4.47. The molecule has 2 unspecified atom stereocenters. The lowest BCUT2D eigenvalue weighted by Crippen LogP contribution is -2.36. The fourth-order valence-corrected chi connectivity index (χ4v) is 4.92. The summed E-state index contributed by atoms with van der Waals surface area (Å²) in [6.07, 6.45) is 1.70. The number of aliphatic hydroxyl groups excluding tert-OH is 1. The highest BCUT2D eigenvalue weighted by Crippen LogP contribution is 2.40. The van der Waals surface area contributed by atoms with Crippen LogP contribution in [0.3, 0.4) is 0 Å². The average molecular weight is 463 g/mol. The molecule has 0 saturated carbocycles. The number of hydrogen-bond acceptors (Lipinski definition) is 5. The van der Waals surface area contributed by atoms with E-state index in [0.717, 1.165) is 48.3 Å². The minimum Gasteiger partial charge on any atom is -0.507 e. The Labute approximate surface area is 201 Å². The van der Waals surface area contributed by atoms with Crippen molar-refractivity contribution >= 4 is 23.1 Å². The van der Waals surface area contributed by atoms with Crippen LogP contribution in [0.2, 0.25) is 0 Å². The number of amides is 1. The summed E-state index contributed by atoms with van der Waals surface area (Å²) >= 11 is 0. The van der Waals surface area contributed by atoms with Crippen LogP contribution in [0.1, 0.15) is 55.0 Å². The van der Waals surface area contributed by atoms with E-state index in [1.165, 1.54) is 0 Å². The summed E-state index contributed by atoms with van der Waals surface area (Å²) in [4.78, 5) is 30.2. The largest absolute Gasteiger partial charge is 0.507 e. The van der Waals surface area contributed by atoms with Crippen LogP contribution in [-0.4, -0.2) is 54.0 Å². The number of aliphatic hydroxyl groups is 1. The second-order valence-corrected chi connectivity index (χ2v) is 9.15. The zero-order valence-corrected chi connectivity index (χ0v) is 20.5. The number of hydrogen-bond donors (Lipinski definition) is 1. The fourth-order valence-electron chi connectivity index (χ4n) is 4.92. The minimum atomic E-state index is -0.656. The van der Waals surface area contributed by atoms with Gasteiger partial charge in [0.05, 0.1) is 17.7 Å². The van der Waals surface area contributed by atoms with Gasteiger partial charge in [0.15, 0.2) is 0 Å². The third-order valence-electron chi connectivity index (χ3n) is 7.08. The van der Waals surface area contributed by atoms with Gasteiger partial charge in [-0.05, 0) is 75.4 Å². The molecule has 1 amide bonds. The summed E-state index contributed by atoms with van der Waals surface area (Å²) in [5.41, 5.74) is 4.68. The summed E-state index contributed by atoms with van der Waals surface area (Å²) in [6, 6.07) is 12.9. The van der Waals surface area contributed by atoms with Gasteiger partial charge >= 0.3 is 0 Å². The summed E-state index contributed by atoms with van der Waals surface area (Å²) in [5.74, 6) is -1.36. The number of aryl methyl sites for hydroxylation is 2. The van der Waals surface area contributed by atoms with Crippen molar-refractivity contribution in [2.45, 2.75) is 52.7 Å². The molecule has 2 aliphatic rings. The molecule has 2 heterocycles. The molecule has 2 saturated heterocycles. The number of carbonyl (C=O) groups excluding carboxylic acids is 2. The predicted octanol–water partition coefficient (Wildman–Crippen LogP) is 4.75. The van der Waals surface area contributed by atoms with Gasteiger partial charge < -0.3 is 19.6 Å². The Hall–Kier alpha value is -3.12. The molecule has 0 radical (unpaired) electrons. The number of ether oxygens (including phenoxy) is 1. The SMILES string of the molecule is CCN(CC)c1ccc(C2/C(=C(/O)c3ccc(C)c(C)c3)C(=O)C(=O)N2CC2CCCO2)cc1. The van der Waals surface area contributed by atoms with Crippen LogP contribution in [0.15, 0.2) is 48.0 Å². The molecule has 2 aromatic rings. The highest BCUT2D eigenvalue weighted by Gasteiger charge is 2.47. The molecule has 2 aliphatic heterocycles. The van der Waals surface area contributed by atoms with Crippen LogP contribution in [0.5, 0.6) is 0 Å². The molecule has 2 atom stereocenters. The van der Waals surface area contributed by atoms with Crippen LogP contribution in [0, 0.1) is 13.8 Å². The van der Waals surface area contributed by atoms with Crippen LogP contribution in [0.4, 0.5) is 5.69 Å². The zero-order valence-electron chi connectivity index (χ0n) is 20.5. The summed E-state index contributed by atoms with van der Waals surface area (Å²) in [5, 5.41) is 11.3. The molecule has 0 aliphatic carbocycles. The molecule has 180 valence electrons. The van der Waals surface area contributed by atoms with Gasteiger partial charge in [0.1, 0.15) is 5.76 Å². The van der Waals surface area contributed by atoms with Crippen molar-refractivity contribution in [1.29, 1.82) is 0 Å². The second kappa shape index (κ2) is 10.0.